The molecule has 3 rings (SSSR count). The minimum absolute atomic E-state index is 0.0856. The highest BCUT2D eigenvalue weighted by Gasteiger charge is 2.28. The van der Waals surface area contributed by atoms with E-state index in [1.807, 2.05) is 13.8 Å². The van der Waals surface area contributed by atoms with Crippen LogP contribution in [0.5, 0.6) is 5.88 Å². The first-order chi connectivity index (χ1) is 17.7. The van der Waals surface area contributed by atoms with Crippen LogP contribution in [0.15, 0.2) is 53.8 Å². The van der Waals surface area contributed by atoms with Gasteiger partial charge in [0.2, 0.25) is 5.88 Å². The predicted octanol–water partition coefficient (Wildman–Crippen LogP) is 2.63. The highest BCUT2D eigenvalue weighted by molar-refractivity contribution is 5.94. The Labute approximate surface area is 212 Å². The van der Waals surface area contributed by atoms with Gasteiger partial charge in [0.05, 0.1) is 36.6 Å². The van der Waals surface area contributed by atoms with E-state index >= 15 is 0 Å². The molecule has 0 aliphatic heterocycles. The van der Waals surface area contributed by atoms with Gasteiger partial charge in [0.1, 0.15) is 12.4 Å². The van der Waals surface area contributed by atoms with E-state index in [1.54, 1.807) is 24.4 Å². The maximum Gasteiger partial charge on any atom is 0.288 e. The van der Waals surface area contributed by atoms with Crippen LogP contribution in [0, 0.1) is 10.7 Å². The smallest absolute Gasteiger partial charge is 0.288 e. The molecule has 11 nitrogen and oxygen atoms in total. The molecule has 0 fully saturated rings. The van der Waals surface area contributed by atoms with Crippen LogP contribution in [0.2, 0.25) is 0 Å². The largest absolute Gasteiger partial charge is 0.475 e. The van der Waals surface area contributed by atoms with Crippen LogP contribution in [-0.2, 0) is 11.3 Å². The molecular formula is C25H28FN5O6. The van der Waals surface area contributed by atoms with Crippen LogP contribution in [0.3, 0.4) is 0 Å². The summed E-state index contributed by atoms with van der Waals surface area (Å²) in [5.74, 6) is -2.04. The number of carbonyl (C=O) groups excluding carboxylic acids is 2. The first kappa shape index (κ1) is 27.6. The Morgan fingerprint density at radius 2 is 1.86 bits per heavy atom. The lowest BCUT2D eigenvalue weighted by atomic mass is 10.0. The Bertz CT molecular complexity index is 1220. The molecular weight excluding hydrogens is 485 g/mol. The van der Waals surface area contributed by atoms with Gasteiger partial charge in [0, 0.05) is 23.4 Å². The average Bonchev–Trinajstić information content (AvgIpc) is 3.27. The Hall–Kier alpha value is -4.03. The third-order valence-corrected chi connectivity index (χ3v) is 5.37. The summed E-state index contributed by atoms with van der Waals surface area (Å²) < 4.78 is 20.8. The fraction of sp³-hybridized carbons (Fsp3) is 0.360. The third kappa shape index (κ3) is 7.48. The van der Waals surface area contributed by atoms with Gasteiger partial charge < -0.3 is 20.3 Å². The van der Waals surface area contributed by atoms with E-state index in [9.17, 15) is 29.1 Å². The van der Waals surface area contributed by atoms with Crippen molar-refractivity contribution in [3.63, 3.8) is 0 Å². The number of aromatic nitrogens is 3. The number of nitrogens with zero attached hydrogens (tertiary/aromatic N) is 4. The van der Waals surface area contributed by atoms with Crippen LogP contribution in [0.4, 0.5) is 4.39 Å². The van der Waals surface area contributed by atoms with E-state index in [1.165, 1.54) is 28.9 Å². The van der Waals surface area contributed by atoms with E-state index in [4.69, 9.17) is 4.74 Å². The van der Waals surface area contributed by atoms with Crippen molar-refractivity contribution in [1.29, 1.82) is 0 Å². The molecule has 0 bridgehead atoms. The van der Waals surface area contributed by atoms with Gasteiger partial charge in [-0.05, 0) is 42.3 Å². The number of hydrogen-bond acceptors (Lipinski definition) is 8. The number of nitroso groups, excluding NO2 is 1. The maximum absolute atomic E-state index is 13.6. The molecule has 2 aromatic heterocycles. The standard InChI is InChI=1S/C25H28FN5O6/c1-15(2)22-23(24(35)28-13-17-5-3-4-10-27-17)29-31(18-8-6-16(26)7-9-18)25(22)37-14-20(33)11-19(32)12-21(34)30-36/h3-10,15,19-20,32-33H,11-14H2,1-2H3,(H,28,35)/t19-,20+/m1/s1. The summed E-state index contributed by atoms with van der Waals surface area (Å²) in [5, 5.41) is 29.7. The van der Waals surface area contributed by atoms with Gasteiger partial charge in [-0.2, -0.15) is 5.10 Å². The lowest BCUT2D eigenvalue weighted by Crippen LogP contribution is -2.26. The number of pyridine rings is 1. The zero-order chi connectivity index (χ0) is 26.9. The Morgan fingerprint density at radius 1 is 1.14 bits per heavy atom. The van der Waals surface area contributed by atoms with Crippen molar-refractivity contribution in [2.24, 2.45) is 5.18 Å². The molecule has 196 valence electrons. The van der Waals surface area contributed by atoms with Crippen molar-refractivity contribution in [3.8, 4) is 11.6 Å². The molecule has 2 amide bonds. The second-order valence-electron chi connectivity index (χ2n) is 8.66. The van der Waals surface area contributed by atoms with E-state index < -0.39 is 36.3 Å². The summed E-state index contributed by atoms with van der Waals surface area (Å²) in [6, 6.07) is 10.7. The van der Waals surface area contributed by atoms with Crippen LogP contribution in [0.25, 0.3) is 5.69 Å². The topological polar surface area (TPSA) is 156 Å². The zero-order valence-corrected chi connectivity index (χ0v) is 20.4. The Balaban J connectivity index is 1.88. The van der Waals surface area contributed by atoms with Crippen molar-refractivity contribution >= 4 is 11.8 Å². The highest BCUT2D eigenvalue weighted by atomic mass is 19.1. The molecule has 2 atom stereocenters. The van der Waals surface area contributed by atoms with Crippen LogP contribution >= 0.6 is 0 Å². The minimum Gasteiger partial charge on any atom is -0.475 e. The number of aliphatic hydroxyl groups excluding tert-OH is 2. The van der Waals surface area contributed by atoms with Crippen molar-refractivity contribution in [2.75, 3.05) is 6.61 Å². The zero-order valence-electron chi connectivity index (χ0n) is 20.4. The minimum atomic E-state index is -1.29. The number of benzene rings is 1. The fourth-order valence-electron chi connectivity index (χ4n) is 3.64. The number of nitrogens with one attached hydrogen (secondary N) is 1. The van der Waals surface area contributed by atoms with E-state index in [2.05, 4.69) is 20.6 Å². The quantitative estimate of drug-likeness (QED) is 0.312. The van der Waals surface area contributed by atoms with Gasteiger partial charge in [-0.15, -0.1) is 4.91 Å². The van der Waals surface area contributed by atoms with Crippen LogP contribution in [-0.4, -0.2) is 55.6 Å². The molecule has 1 aromatic carbocycles. The fourth-order valence-corrected chi connectivity index (χ4v) is 3.64. The first-order valence-corrected chi connectivity index (χ1v) is 11.6. The number of carbonyl (C=O) groups is 2. The molecule has 0 spiro atoms. The van der Waals surface area contributed by atoms with Gasteiger partial charge in [-0.25, -0.2) is 9.07 Å². The summed E-state index contributed by atoms with van der Waals surface area (Å²) in [6.45, 7) is 3.53. The van der Waals surface area contributed by atoms with Crippen LogP contribution in [0.1, 0.15) is 54.4 Å². The Morgan fingerprint density at radius 3 is 2.49 bits per heavy atom. The van der Waals surface area contributed by atoms with Crippen molar-refractivity contribution < 1.29 is 28.9 Å². The summed E-state index contributed by atoms with van der Waals surface area (Å²) in [5.41, 5.74) is 1.61. The van der Waals surface area contributed by atoms with Gasteiger partial charge in [0.25, 0.3) is 11.8 Å². The van der Waals surface area contributed by atoms with Gasteiger partial charge in [-0.1, -0.05) is 19.9 Å². The molecule has 37 heavy (non-hydrogen) atoms. The highest BCUT2D eigenvalue weighted by Crippen LogP contribution is 2.33. The number of amides is 2. The first-order valence-electron chi connectivity index (χ1n) is 11.6. The van der Waals surface area contributed by atoms with Crippen molar-refractivity contribution in [1.82, 2.24) is 20.1 Å². The third-order valence-electron chi connectivity index (χ3n) is 5.37. The number of rotatable bonds is 12. The van der Waals surface area contributed by atoms with Crippen molar-refractivity contribution in [2.45, 2.75) is 51.4 Å². The van der Waals surface area contributed by atoms with Crippen LogP contribution < -0.4 is 10.1 Å². The van der Waals surface area contributed by atoms with Gasteiger partial charge in [-0.3, -0.25) is 14.6 Å². The van der Waals surface area contributed by atoms with E-state index in [0.717, 1.165) is 0 Å². The Kier molecular flexibility index (Phi) is 9.52. The molecule has 0 saturated heterocycles. The summed E-state index contributed by atoms with van der Waals surface area (Å²) in [4.78, 5) is 38.7. The number of halogens is 1. The second-order valence-corrected chi connectivity index (χ2v) is 8.66. The molecule has 0 radical (unpaired) electrons. The normalized spacial score (nSPS) is 12.7. The monoisotopic (exact) mass is 513 g/mol. The average molecular weight is 514 g/mol. The lowest BCUT2D eigenvalue weighted by molar-refractivity contribution is -0.120. The van der Waals surface area contributed by atoms with Gasteiger partial charge >= 0.3 is 0 Å². The van der Waals surface area contributed by atoms with E-state index in [0.29, 0.717) is 16.9 Å². The maximum atomic E-state index is 13.6. The second kappa shape index (κ2) is 12.8. The summed E-state index contributed by atoms with van der Waals surface area (Å²) in [6.07, 6.45) is -1.66. The molecule has 0 saturated carbocycles. The summed E-state index contributed by atoms with van der Waals surface area (Å²) in [7, 11) is 0. The predicted molar refractivity (Wildman–Crippen MR) is 131 cm³/mol. The molecule has 3 aromatic rings. The molecule has 12 heteroatoms. The van der Waals surface area contributed by atoms with Crippen molar-refractivity contribution in [3.05, 3.63) is 76.3 Å². The van der Waals surface area contributed by atoms with Gasteiger partial charge in [0.15, 0.2) is 5.69 Å². The SMILES string of the molecule is CC(C)c1c(C(=O)NCc2ccccn2)nn(-c2ccc(F)cc2)c1OC[C@@H](O)C[C@@H](O)CC(=O)N=O. The molecule has 0 aliphatic carbocycles. The lowest BCUT2D eigenvalue weighted by Gasteiger charge is -2.17. The number of hydrogen-bond donors (Lipinski definition) is 3. The van der Waals surface area contributed by atoms with E-state index in [-0.39, 0.29) is 37.1 Å². The molecule has 3 N–H and O–H groups in total. The number of aliphatic hydroxyl groups is 2. The molecule has 0 aliphatic rings. The summed E-state index contributed by atoms with van der Waals surface area (Å²) >= 11 is 0. The number of ether oxygens (including phenoxy) is 1. The molecule has 0 unspecified atom stereocenters. The molecule has 2 heterocycles.